The van der Waals surface area contributed by atoms with Crippen LogP contribution in [0.1, 0.15) is 25.3 Å². The van der Waals surface area contributed by atoms with Gasteiger partial charge in [0, 0.05) is 18.8 Å². The number of aliphatic carboxylic acids is 1. The zero-order chi connectivity index (χ0) is 15.5. The number of nitrogens with one attached hydrogen (secondary N) is 1. The lowest BCUT2D eigenvalue weighted by molar-refractivity contribution is -0.136. The molecule has 5 nitrogen and oxygen atoms in total. The molecule has 1 fully saturated rings. The molecule has 1 atom stereocenters. The molecule has 1 saturated heterocycles. The van der Waals surface area contributed by atoms with Crippen molar-refractivity contribution in [2.45, 2.75) is 26.7 Å². The number of carbonyl (C=O) groups excluding carboxylic acids is 1. The highest BCUT2D eigenvalue weighted by atomic mass is 16.4. The van der Waals surface area contributed by atoms with Crippen LogP contribution in [0.5, 0.6) is 0 Å². The quantitative estimate of drug-likeness (QED) is 0.867. The van der Waals surface area contributed by atoms with Gasteiger partial charge >= 0.3 is 5.97 Å². The van der Waals surface area contributed by atoms with Crippen LogP contribution in [0.2, 0.25) is 0 Å². The van der Waals surface area contributed by atoms with E-state index in [1.165, 1.54) is 0 Å². The molecule has 2 rings (SSSR count). The average Bonchev–Trinajstić information content (AvgIpc) is 2.88. The first-order valence-corrected chi connectivity index (χ1v) is 7.24. The third kappa shape index (κ3) is 3.42. The lowest BCUT2D eigenvalue weighted by Crippen LogP contribution is -2.45. The van der Waals surface area contributed by atoms with Crippen molar-refractivity contribution in [1.29, 1.82) is 0 Å². The number of carbonyl (C=O) groups is 2. The first kappa shape index (κ1) is 15.5. The molecule has 1 aliphatic heterocycles. The van der Waals surface area contributed by atoms with Gasteiger partial charge in [-0.15, -0.1) is 0 Å². The Morgan fingerprint density at radius 2 is 2.10 bits per heavy atom. The summed E-state index contributed by atoms with van der Waals surface area (Å²) >= 11 is 0. The number of amides is 1. The summed E-state index contributed by atoms with van der Waals surface area (Å²) in [6.45, 7) is 5.55. The molecule has 1 aliphatic rings. The Morgan fingerprint density at radius 3 is 2.67 bits per heavy atom. The predicted octanol–water partition coefficient (Wildman–Crippen LogP) is 1.80. The highest BCUT2D eigenvalue weighted by molar-refractivity contribution is 5.98. The Bertz CT molecular complexity index is 536. The molecule has 1 unspecified atom stereocenters. The number of benzene rings is 1. The van der Waals surface area contributed by atoms with Crippen LogP contribution in [-0.2, 0) is 9.59 Å². The zero-order valence-corrected chi connectivity index (χ0v) is 12.6. The summed E-state index contributed by atoms with van der Waals surface area (Å²) in [6, 6.07) is 7.60. The van der Waals surface area contributed by atoms with Crippen LogP contribution in [0, 0.1) is 12.3 Å². The molecule has 1 heterocycles. The van der Waals surface area contributed by atoms with Gasteiger partial charge in [-0.2, -0.15) is 0 Å². The number of nitrogens with zero attached hydrogens (tertiary/aromatic N) is 1. The largest absolute Gasteiger partial charge is 0.481 e. The predicted molar refractivity (Wildman–Crippen MR) is 81.4 cm³/mol. The van der Waals surface area contributed by atoms with Crippen molar-refractivity contribution >= 4 is 17.6 Å². The van der Waals surface area contributed by atoms with Crippen molar-refractivity contribution in [2.24, 2.45) is 5.41 Å². The Hall–Kier alpha value is -1.88. The minimum absolute atomic E-state index is 0.00282. The second-order valence-corrected chi connectivity index (χ2v) is 5.87. The smallest absolute Gasteiger partial charge is 0.305 e. The van der Waals surface area contributed by atoms with Crippen LogP contribution in [0.25, 0.3) is 0 Å². The van der Waals surface area contributed by atoms with E-state index in [4.69, 9.17) is 5.11 Å². The van der Waals surface area contributed by atoms with E-state index < -0.39 is 11.4 Å². The van der Waals surface area contributed by atoms with E-state index in [0.29, 0.717) is 6.54 Å². The van der Waals surface area contributed by atoms with E-state index in [2.05, 4.69) is 5.32 Å². The minimum Gasteiger partial charge on any atom is -0.481 e. The second-order valence-electron chi connectivity index (χ2n) is 5.87. The standard InChI is InChI=1S/C16H22N2O3/c1-12-5-3-4-6-13(12)18(10-7-14(19)20)15(21)16(2)8-9-17-11-16/h3-6,17H,7-11H2,1-2H3,(H,19,20). The molecule has 1 aromatic rings. The monoisotopic (exact) mass is 290 g/mol. The number of carboxylic acids is 1. The van der Waals surface area contributed by atoms with Crippen molar-refractivity contribution in [3.8, 4) is 0 Å². The van der Waals surface area contributed by atoms with E-state index in [9.17, 15) is 9.59 Å². The van der Waals surface area contributed by atoms with Gasteiger partial charge in [0.1, 0.15) is 0 Å². The highest BCUT2D eigenvalue weighted by Crippen LogP contribution is 2.31. The number of para-hydroxylation sites is 1. The fourth-order valence-electron chi connectivity index (χ4n) is 2.73. The van der Waals surface area contributed by atoms with E-state index in [1.54, 1.807) is 4.90 Å². The van der Waals surface area contributed by atoms with Crippen LogP contribution in [0.3, 0.4) is 0 Å². The minimum atomic E-state index is -0.893. The lowest BCUT2D eigenvalue weighted by Gasteiger charge is -2.32. The first-order chi connectivity index (χ1) is 9.94. The van der Waals surface area contributed by atoms with E-state index >= 15 is 0 Å². The molecule has 21 heavy (non-hydrogen) atoms. The zero-order valence-electron chi connectivity index (χ0n) is 12.6. The van der Waals surface area contributed by atoms with Gasteiger partial charge in [-0.1, -0.05) is 18.2 Å². The summed E-state index contributed by atoms with van der Waals surface area (Å²) in [5.74, 6) is -0.890. The molecule has 0 bridgehead atoms. The summed E-state index contributed by atoms with van der Waals surface area (Å²) in [6.07, 6.45) is 0.727. The summed E-state index contributed by atoms with van der Waals surface area (Å²) in [4.78, 5) is 25.5. The molecule has 0 aliphatic carbocycles. The summed E-state index contributed by atoms with van der Waals surface area (Å²) in [5.41, 5.74) is 1.32. The molecule has 0 saturated carbocycles. The van der Waals surface area contributed by atoms with E-state index in [1.807, 2.05) is 38.1 Å². The number of carboxylic acid groups (broad SMARTS) is 1. The summed E-state index contributed by atoms with van der Waals surface area (Å²) in [7, 11) is 0. The second kappa shape index (κ2) is 6.26. The van der Waals surface area contributed by atoms with Gasteiger partial charge in [0.05, 0.1) is 11.8 Å². The maximum absolute atomic E-state index is 12.9. The van der Waals surface area contributed by atoms with Gasteiger partial charge in [-0.25, -0.2) is 0 Å². The van der Waals surface area contributed by atoms with Gasteiger partial charge in [0.15, 0.2) is 0 Å². The Balaban J connectivity index is 2.29. The number of hydrogen-bond acceptors (Lipinski definition) is 3. The first-order valence-electron chi connectivity index (χ1n) is 7.24. The number of hydrogen-bond donors (Lipinski definition) is 2. The van der Waals surface area contributed by atoms with Crippen molar-refractivity contribution in [1.82, 2.24) is 5.32 Å². The van der Waals surface area contributed by atoms with Gasteiger partial charge in [0.2, 0.25) is 5.91 Å². The van der Waals surface area contributed by atoms with Crippen molar-refractivity contribution < 1.29 is 14.7 Å². The Kier molecular flexibility index (Phi) is 4.63. The van der Waals surface area contributed by atoms with Crippen LogP contribution in [0.4, 0.5) is 5.69 Å². The van der Waals surface area contributed by atoms with Gasteiger partial charge < -0.3 is 15.3 Å². The molecule has 114 valence electrons. The van der Waals surface area contributed by atoms with Crippen molar-refractivity contribution in [3.05, 3.63) is 29.8 Å². The van der Waals surface area contributed by atoms with Gasteiger partial charge in [-0.3, -0.25) is 9.59 Å². The normalized spacial score (nSPS) is 21.2. The molecule has 2 N–H and O–H groups in total. The fourth-order valence-corrected chi connectivity index (χ4v) is 2.73. The molecular weight excluding hydrogens is 268 g/mol. The number of rotatable bonds is 5. The van der Waals surface area contributed by atoms with Crippen LogP contribution in [0.15, 0.2) is 24.3 Å². The molecule has 1 aromatic carbocycles. The van der Waals surface area contributed by atoms with Gasteiger partial charge in [0.25, 0.3) is 0 Å². The Morgan fingerprint density at radius 1 is 1.38 bits per heavy atom. The molecule has 0 aromatic heterocycles. The maximum Gasteiger partial charge on any atom is 0.305 e. The number of anilines is 1. The van der Waals surface area contributed by atoms with Crippen molar-refractivity contribution in [3.63, 3.8) is 0 Å². The topological polar surface area (TPSA) is 69.6 Å². The summed E-state index contributed by atoms with van der Waals surface area (Å²) < 4.78 is 0. The molecule has 0 radical (unpaired) electrons. The SMILES string of the molecule is Cc1ccccc1N(CCC(=O)O)C(=O)C1(C)CCNC1. The van der Waals surface area contributed by atoms with Crippen LogP contribution in [-0.4, -0.2) is 36.6 Å². The van der Waals surface area contributed by atoms with E-state index in [0.717, 1.165) is 24.2 Å². The van der Waals surface area contributed by atoms with E-state index in [-0.39, 0.29) is 18.9 Å². The maximum atomic E-state index is 12.9. The average molecular weight is 290 g/mol. The summed E-state index contributed by atoms with van der Waals surface area (Å²) in [5, 5.41) is 12.2. The highest BCUT2D eigenvalue weighted by Gasteiger charge is 2.39. The third-order valence-electron chi connectivity index (χ3n) is 4.09. The molecule has 5 heteroatoms. The fraction of sp³-hybridized carbons (Fsp3) is 0.500. The molecular formula is C16H22N2O3. The van der Waals surface area contributed by atoms with Gasteiger partial charge in [-0.05, 0) is 38.4 Å². The lowest BCUT2D eigenvalue weighted by atomic mass is 9.87. The Labute approximate surface area is 125 Å². The van der Waals surface area contributed by atoms with Crippen molar-refractivity contribution in [2.75, 3.05) is 24.5 Å². The number of aryl methyl sites for hydroxylation is 1. The molecule has 1 amide bonds. The van der Waals surface area contributed by atoms with Crippen LogP contribution < -0.4 is 10.2 Å². The van der Waals surface area contributed by atoms with Crippen LogP contribution >= 0.6 is 0 Å². The molecule has 0 spiro atoms. The third-order valence-corrected chi connectivity index (χ3v) is 4.09.